The molecular weight excluding hydrogens is 363 g/mol. The van der Waals surface area contributed by atoms with E-state index in [0.717, 1.165) is 17.5 Å². The van der Waals surface area contributed by atoms with E-state index in [4.69, 9.17) is 0 Å². The Balaban J connectivity index is 1.96. The maximum absolute atomic E-state index is 13.2. The minimum absolute atomic E-state index is 0.0843. The molecule has 0 aliphatic heterocycles. The molecule has 0 aromatic heterocycles. The molecule has 9 heteroatoms. The lowest BCUT2D eigenvalue weighted by atomic mass is 10.0. The molecule has 3 rings (SSSR count). The highest BCUT2D eigenvalue weighted by Crippen LogP contribution is 2.37. The van der Waals surface area contributed by atoms with Gasteiger partial charge in [0.1, 0.15) is 5.75 Å². The van der Waals surface area contributed by atoms with Gasteiger partial charge in [-0.05, 0) is 22.9 Å². The highest BCUT2D eigenvalue weighted by molar-refractivity contribution is 6.02. The van der Waals surface area contributed by atoms with Crippen molar-refractivity contribution in [1.82, 2.24) is 0 Å². The van der Waals surface area contributed by atoms with Gasteiger partial charge in [0.15, 0.2) is 0 Å². The van der Waals surface area contributed by atoms with Crippen LogP contribution in [-0.4, -0.2) is 16.2 Å². The third-order valence-corrected chi connectivity index (χ3v) is 3.85. The fourth-order valence-electron chi connectivity index (χ4n) is 2.56. The maximum atomic E-state index is 13.2. The molecule has 0 aliphatic rings. The SMILES string of the molecule is O=[N+]([O-])c1ccc(N/N=C\c2c(O)ccc3ccccc23)c(C(F)(F)F)c1. The maximum Gasteiger partial charge on any atom is 0.418 e. The number of hydrogen-bond donors (Lipinski definition) is 2. The molecule has 0 amide bonds. The summed E-state index contributed by atoms with van der Waals surface area (Å²) in [4.78, 5) is 9.81. The lowest BCUT2D eigenvalue weighted by molar-refractivity contribution is -0.385. The van der Waals surface area contributed by atoms with E-state index in [1.165, 1.54) is 12.3 Å². The number of hydrogen-bond acceptors (Lipinski definition) is 5. The van der Waals surface area contributed by atoms with E-state index in [-0.39, 0.29) is 5.75 Å². The molecule has 0 atom stereocenters. The first-order valence-corrected chi connectivity index (χ1v) is 7.63. The van der Waals surface area contributed by atoms with Crippen molar-refractivity contribution in [1.29, 1.82) is 0 Å². The molecule has 0 radical (unpaired) electrons. The summed E-state index contributed by atoms with van der Waals surface area (Å²) in [6, 6.07) is 12.6. The van der Waals surface area contributed by atoms with Gasteiger partial charge in [-0.15, -0.1) is 0 Å². The zero-order chi connectivity index (χ0) is 19.6. The van der Waals surface area contributed by atoms with Crippen LogP contribution in [-0.2, 0) is 6.18 Å². The van der Waals surface area contributed by atoms with Gasteiger partial charge in [0.25, 0.3) is 5.69 Å². The van der Waals surface area contributed by atoms with Crippen molar-refractivity contribution in [2.75, 3.05) is 5.43 Å². The molecule has 0 saturated carbocycles. The van der Waals surface area contributed by atoms with Crippen LogP contribution in [0.2, 0.25) is 0 Å². The van der Waals surface area contributed by atoms with E-state index >= 15 is 0 Å². The summed E-state index contributed by atoms with van der Waals surface area (Å²) in [6.07, 6.45) is -3.61. The van der Waals surface area contributed by atoms with Gasteiger partial charge in [0.05, 0.1) is 22.4 Å². The number of hydrazone groups is 1. The number of nitro groups is 1. The van der Waals surface area contributed by atoms with Crippen molar-refractivity contribution in [2.45, 2.75) is 6.18 Å². The van der Waals surface area contributed by atoms with Crippen LogP contribution in [0.25, 0.3) is 10.8 Å². The van der Waals surface area contributed by atoms with Gasteiger partial charge in [-0.25, -0.2) is 0 Å². The Morgan fingerprint density at radius 3 is 2.56 bits per heavy atom. The monoisotopic (exact) mass is 375 g/mol. The van der Waals surface area contributed by atoms with E-state index in [1.807, 2.05) is 12.1 Å². The fraction of sp³-hybridized carbons (Fsp3) is 0.0556. The van der Waals surface area contributed by atoms with Crippen LogP contribution in [0.15, 0.2) is 59.7 Å². The Morgan fingerprint density at radius 2 is 1.85 bits per heavy atom. The zero-order valence-electron chi connectivity index (χ0n) is 13.6. The largest absolute Gasteiger partial charge is 0.507 e. The van der Waals surface area contributed by atoms with Crippen LogP contribution in [0.5, 0.6) is 5.75 Å². The number of rotatable bonds is 4. The Labute approximate surface area is 150 Å². The predicted molar refractivity (Wildman–Crippen MR) is 94.9 cm³/mol. The lowest BCUT2D eigenvalue weighted by Gasteiger charge is -2.12. The smallest absolute Gasteiger partial charge is 0.418 e. The quantitative estimate of drug-likeness (QED) is 0.385. The van der Waals surface area contributed by atoms with E-state index in [0.29, 0.717) is 17.0 Å². The van der Waals surface area contributed by atoms with Crippen molar-refractivity contribution in [3.8, 4) is 5.75 Å². The predicted octanol–water partition coefficient (Wildman–Crippen LogP) is 4.92. The summed E-state index contributed by atoms with van der Waals surface area (Å²) in [5, 5.41) is 26.0. The number of phenolic OH excluding ortho intramolecular Hbond substituents is 1. The minimum atomic E-state index is -4.80. The van der Waals surface area contributed by atoms with Crippen LogP contribution < -0.4 is 5.43 Å². The summed E-state index contributed by atoms with van der Waals surface area (Å²) >= 11 is 0. The van der Waals surface area contributed by atoms with Gasteiger partial charge in [0, 0.05) is 17.7 Å². The normalized spacial score (nSPS) is 11.8. The molecule has 0 unspecified atom stereocenters. The number of non-ortho nitro benzene ring substituents is 1. The molecule has 6 nitrogen and oxygen atoms in total. The Bertz CT molecular complexity index is 1050. The molecule has 0 bridgehead atoms. The van der Waals surface area contributed by atoms with E-state index in [2.05, 4.69) is 10.5 Å². The molecular formula is C18H12F3N3O3. The average Bonchev–Trinajstić information content (AvgIpc) is 2.62. The van der Waals surface area contributed by atoms with E-state index in [9.17, 15) is 28.4 Å². The van der Waals surface area contributed by atoms with Crippen LogP contribution in [0.4, 0.5) is 24.5 Å². The summed E-state index contributed by atoms with van der Waals surface area (Å²) < 4.78 is 39.5. The average molecular weight is 375 g/mol. The standard InChI is InChI=1S/C18H12F3N3O3/c19-18(20,21)15-9-12(24(26)27)6-7-16(15)23-22-10-14-13-4-2-1-3-11(13)5-8-17(14)25/h1-10,23,25H/b22-10-. The fourth-order valence-corrected chi connectivity index (χ4v) is 2.56. The number of anilines is 1. The van der Waals surface area contributed by atoms with Gasteiger partial charge in [0.2, 0.25) is 0 Å². The molecule has 3 aromatic carbocycles. The number of alkyl halides is 3. The lowest BCUT2D eigenvalue weighted by Crippen LogP contribution is -2.09. The van der Waals surface area contributed by atoms with E-state index < -0.39 is 28.0 Å². The van der Waals surface area contributed by atoms with Crippen molar-refractivity contribution < 1.29 is 23.2 Å². The van der Waals surface area contributed by atoms with Crippen LogP contribution in [0.1, 0.15) is 11.1 Å². The van der Waals surface area contributed by atoms with Gasteiger partial charge in [-0.2, -0.15) is 18.3 Å². The first-order chi connectivity index (χ1) is 12.8. The van der Waals surface area contributed by atoms with Crippen molar-refractivity contribution in [2.24, 2.45) is 5.10 Å². The molecule has 27 heavy (non-hydrogen) atoms. The summed E-state index contributed by atoms with van der Waals surface area (Å²) in [6.45, 7) is 0. The van der Waals surface area contributed by atoms with Gasteiger partial charge in [-0.1, -0.05) is 30.3 Å². The topological polar surface area (TPSA) is 87.8 Å². The third kappa shape index (κ3) is 3.81. The highest BCUT2D eigenvalue weighted by Gasteiger charge is 2.35. The summed E-state index contributed by atoms with van der Waals surface area (Å²) in [5.74, 6) is -0.0843. The number of nitrogens with one attached hydrogen (secondary N) is 1. The molecule has 138 valence electrons. The van der Waals surface area contributed by atoms with Gasteiger partial charge >= 0.3 is 6.18 Å². The molecule has 2 N–H and O–H groups in total. The molecule has 0 heterocycles. The first-order valence-electron chi connectivity index (χ1n) is 7.63. The molecule has 0 spiro atoms. The van der Waals surface area contributed by atoms with Crippen LogP contribution >= 0.6 is 0 Å². The molecule has 0 saturated heterocycles. The number of aromatic hydroxyl groups is 1. The highest BCUT2D eigenvalue weighted by atomic mass is 19.4. The zero-order valence-corrected chi connectivity index (χ0v) is 13.6. The summed E-state index contributed by atoms with van der Waals surface area (Å²) in [5.41, 5.74) is 0.242. The second kappa shape index (κ2) is 6.94. The number of benzene rings is 3. The number of halogens is 3. The van der Waals surface area contributed by atoms with Crippen LogP contribution in [0.3, 0.4) is 0 Å². The Morgan fingerprint density at radius 1 is 1.11 bits per heavy atom. The van der Waals surface area contributed by atoms with Crippen molar-refractivity contribution in [3.63, 3.8) is 0 Å². The Hall–Kier alpha value is -3.62. The first kappa shape index (κ1) is 18.2. The number of fused-ring (bicyclic) bond motifs is 1. The minimum Gasteiger partial charge on any atom is -0.507 e. The molecule has 0 fully saturated rings. The second-order valence-corrected chi connectivity index (χ2v) is 5.57. The molecule has 3 aromatic rings. The van der Waals surface area contributed by atoms with Gasteiger partial charge in [-0.3, -0.25) is 15.5 Å². The molecule has 0 aliphatic carbocycles. The van der Waals surface area contributed by atoms with Gasteiger partial charge < -0.3 is 5.11 Å². The van der Waals surface area contributed by atoms with Crippen molar-refractivity contribution in [3.05, 3.63) is 75.8 Å². The number of nitro benzene ring substituents is 1. The third-order valence-electron chi connectivity index (χ3n) is 3.85. The number of phenols is 1. The Kier molecular flexibility index (Phi) is 4.68. The second-order valence-electron chi connectivity index (χ2n) is 5.57. The summed E-state index contributed by atoms with van der Waals surface area (Å²) in [7, 11) is 0. The van der Waals surface area contributed by atoms with Crippen molar-refractivity contribution >= 4 is 28.4 Å². The number of nitrogens with zero attached hydrogens (tertiary/aromatic N) is 2. The van der Waals surface area contributed by atoms with E-state index in [1.54, 1.807) is 18.2 Å². The van der Waals surface area contributed by atoms with Crippen LogP contribution in [0, 0.1) is 10.1 Å².